The van der Waals surface area contributed by atoms with Gasteiger partial charge in [0.25, 0.3) is 0 Å². The minimum Gasteiger partial charge on any atom is -0.447 e. The van der Waals surface area contributed by atoms with Crippen molar-refractivity contribution in [1.29, 1.82) is 0 Å². The van der Waals surface area contributed by atoms with Gasteiger partial charge in [0.2, 0.25) is 0 Å². The number of aromatic nitrogens is 4. The summed E-state index contributed by atoms with van der Waals surface area (Å²) >= 11 is 0. The van der Waals surface area contributed by atoms with Gasteiger partial charge in [-0.3, -0.25) is 4.90 Å². The molecule has 1 amide bonds. The molecule has 4 aromatic rings. The molecule has 2 aliphatic heterocycles. The molecule has 0 aliphatic carbocycles. The number of cyclic esters (lactones) is 1. The summed E-state index contributed by atoms with van der Waals surface area (Å²) in [6.45, 7) is 2.38. The summed E-state index contributed by atoms with van der Waals surface area (Å²) in [5.41, 5.74) is 4.15. The first-order chi connectivity index (χ1) is 15.7. The molecule has 0 atom stereocenters. The molecule has 0 radical (unpaired) electrons. The van der Waals surface area contributed by atoms with Gasteiger partial charge in [0.05, 0.1) is 17.8 Å². The molecule has 160 valence electrons. The number of benzene rings is 2. The third kappa shape index (κ3) is 2.96. The van der Waals surface area contributed by atoms with E-state index in [1.54, 1.807) is 27.6 Å². The molecular weight excluding hydrogens is 411 g/mol. The highest BCUT2D eigenvalue weighted by molar-refractivity contribution is 5.90. The number of hydrogen-bond donors (Lipinski definition) is 0. The van der Waals surface area contributed by atoms with Crippen molar-refractivity contribution in [1.82, 2.24) is 19.8 Å². The highest BCUT2D eigenvalue weighted by Crippen LogP contribution is 2.32. The standard InChI is InChI=1S/C23H19FN6O2/c24-18-6-2-1-5-17(18)22-26-25-20-8-9-21(27-30(20)22)28-11-10-16-15(14-28)4-3-7-19(16)29-12-13-32-23(29)31/h1-9H,10-14H2. The SMILES string of the molecule is O=C1OCCN1c1cccc2c1CCN(c1ccc3nnc(-c4ccccc4F)n3n1)C2. The first kappa shape index (κ1) is 18.7. The lowest BCUT2D eigenvalue weighted by molar-refractivity contribution is 0.181. The molecule has 1 fully saturated rings. The van der Waals surface area contributed by atoms with Crippen molar-refractivity contribution in [3.05, 3.63) is 71.5 Å². The summed E-state index contributed by atoms with van der Waals surface area (Å²) in [5, 5.41) is 13.0. The molecule has 6 rings (SSSR count). The van der Waals surface area contributed by atoms with Gasteiger partial charge in [0.1, 0.15) is 18.2 Å². The Labute approximate surface area is 182 Å². The van der Waals surface area contributed by atoms with Gasteiger partial charge in [-0.1, -0.05) is 24.3 Å². The number of amides is 1. The average molecular weight is 430 g/mol. The van der Waals surface area contributed by atoms with Crippen molar-refractivity contribution in [2.75, 3.05) is 29.5 Å². The lowest BCUT2D eigenvalue weighted by Crippen LogP contribution is -2.33. The van der Waals surface area contributed by atoms with Gasteiger partial charge in [-0.2, -0.15) is 4.52 Å². The van der Waals surface area contributed by atoms with Crippen molar-refractivity contribution in [3.8, 4) is 11.4 Å². The quantitative estimate of drug-likeness (QED) is 0.496. The van der Waals surface area contributed by atoms with Gasteiger partial charge in [0, 0.05) is 13.1 Å². The first-order valence-electron chi connectivity index (χ1n) is 10.5. The van der Waals surface area contributed by atoms with E-state index < -0.39 is 0 Å². The summed E-state index contributed by atoms with van der Waals surface area (Å²) < 4.78 is 21.0. The van der Waals surface area contributed by atoms with Crippen molar-refractivity contribution < 1.29 is 13.9 Å². The smallest absolute Gasteiger partial charge is 0.414 e. The van der Waals surface area contributed by atoms with Crippen LogP contribution in [0, 0.1) is 5.82 Å². The minimum atomic E-state index is -0.367. The number of carbonyl (C=O) groups is 1. The second-order valence-electron chi connectivity index (χ2n) is 7.82. The number of halogens is 1. The van der Waals surface area contributed by atoms with Crippen LogP contribution < -0.4 is 9.80 Å². The molecule has 32 heavy (non-hydrogen) atoms. The van der Waals surface area contributed by atoms with Crippen LogP contribution in [0.25, 0.3) is 17.0 Å². The van der Waals surface area contributed by atoms with Gasteiger partial charge in [-0.15, -0.1) is 15.3 Å². The zero-order chi connectivity index (χ0) is 21.7. The van der Waals surface area contributed by atoms with Gasteiger partial charge < -0.3 is 9.64 Å². The fraction of sp³-hybridized carbons (Fsp3) is 0.217. The van der Waals surface area contributed by atoms with E-state index in [2.05, 4.69) is 21.2 Å². The molecule has 2 aromatic heterocycles. The number of anilines is 2. The Kier molecular flexibility index (Phi) is 4.27. The summed E-state index contributed by atoms with van der Waals surface area (Å²) in [7, 11) is 0. The summed E-state index contributed by atoms with van der Waals surface area (Å²) in [4.78, 5) is 15.9. The Hall–Kier alpha value is -4.01. The molecule has 0 N–H and O–H groups in total. The molecule has 0 saturated carbocycles. The third-order valence-corrected chi connectivity index (χ3v) is 5.98. The maximum atomic E-state index is 14.3. The predicted molar refractivity (Wildman–Crippen MR) is 116 cm³/mol. The van der Waals surface area contributed by atoms with E-state index in [4.69, 9.17) is 9.84 Å². The maximum absolute atomic E-state index is 14.3. The second-order valence-corrected chi connectivity index (χ2v) is 7.82. The van der Waals surface area contributed by atoms with E-state index in [-0.39, 0.29) is 11.9 Å². The molecule has 9 heteroatoms. The largest absolute Gasteiger partial charge is 0.447 e. The lowest BCUT2D eigenvalue weighted by Gasteiger charge is -2.32. The number of carbonyl (C=O) groups excluding carboxylic acids is 1. The minimum absolute atomic E-state index is 0.291. The van der Waals surface area contributed by atoms with Crippen LogP contribution >= 0.6 is 0 Å². The van der Waals surface area contributed by atoms with E-state index >= 15 is 0 Å². The Balaban J connectivity index is 1.35. The molecule has 4 heterocycles. The molecule has 2 aromatic carbocycles. The van der Waals surface area contributed by atoms with Crippen LogP contribution in [-0.2, 0) is 17.7 Å². The van der Waals surface area contributed by atoms with Gasteiger partial charge >= 0.3 is 6.09 Å². The normalized spacial score (nSPS) is 15.8. The van der Waals surface area contributed by atoms with Crippen molar-refractivity contribution in [2.45, 2.75) is 13.0 Å². The van der Waals surface area contributed by atoms with Gasteiger partial charge in [-0.25, -0.2) is 9.18 Å². The number of ether oxygens (including phenoxy) is 1. The van der Waals surface area contributed by atoms with Crippen molar-refractivity contribution in [2.24, 2.45) is 0 Å². The highest BCUT2D eigenvalue weighted by atomic mass is 19.1. The van der Waals surface area contributed by atoms with Crippen molar-refractivity contribution >= 4 is 23.2 Å². The molecule has 0 spiro atoms. The van der Waals surface area contributed by atoms with Crippen LogP contribution in [0.2, 0.25) is 0 Å². The van der Waals surface area contributed by atoms with Crippen LogP contribution in [0.3, 0.4) is 0 Å². The van der Waals surface area contributed by atoms with Crippen molar-refractivity contribution in [3.63, 3.8) is 0 Å². The van der Waals surface area contributed by atoms with E-state index in [9.17, 15) is 9.18 Å². The Bertz CT molecular complexity index is 1350. The number of hydrogen-bond acceptors (Lipinski definition) is 6. The van der Waals surface area contributed by atoms with E-state index in [1.165, 1.54) is 11.6 Å². The second kappa shape index (κ2) is 7.30. The maximum Gasteiger partial charge on any atom is 0.414 e. The molecule has 2 aliphatic rings. The Morgan fingerprint density at radius 1 is 0.969 bits per heavy atom. The highest BCUT2D eigenvalue weighted by Gasteiger charge is 2.29. The zero-order valence-electron chi connectivity index (χ0n) is 17.1. The molecule has 0 bridgehead atoms. The summed E-state index contributed by atoms with van der Waals surface area (Å²) in [6, 6.07) is 16.2. The number of fused-ring (bicyclic) bond motifs is 2. The Morgan fingerprint density at radius 3 is 2.72 bits per heavy atom. The van der Waals surface area contributed by atoms with Crippen LogP contribution in [0.1, 0.15) is 11.1 Å². The van der Waals surface area contributed by atoms with Gasteiger partial charge in [-0.05, 0) is 47.9 Å². The zero-order valence-corrected chi connectivity index (χ0v) is 17.1. The fourth-order valence-electron chi connectivity index (χ4n) is 4.41. The third-order valence-electron chi connectivity index (χ3n) is 5.98. The fourth-order valence-corrected chi connectivity index (χ4v) is 4.41. The number of nitrogens with zero attached hydrogens (tertiary/aromatic N) is 6. The molecule has 8 nitrogen and oxygen atoms in total. The topological polar surface area (TPSA) is 75.9 Å². The van der Waals surface area contributed by atoms with E-state index in [0.29, 0.717) is 36.7 Å². The predicted octanol–water partition coefficient (Wildman–Crippen LogP) is 3.45. The summed E-state index contributed by atoms with van der Waals surface area (Å²) in [5.74, 6) is 0.757. The monoisotopic (exact) mass is 430 g/mol. The van der Waals surface area contributed by atoms with Crippen LogP contribution in [0.4, 0.5) is 20.7 Å². The Morgan fingerprint density at radius 2 is 1.88 bits per heavy atom. The van der Waals surface area contributed by atoms with Crippen LogP contribution in [0.5, 0.6) is 0 Å². The molecule has 0 unspecified atom stereocenters. The average Bonchev–Trinajstić information content (AvgIpc) is 3.44. The van der Waals surface area contributed by atoms with Crippen LogP contribution in [-0.4, -0.2) is 45.6 Å². The molecular formula is C23H19FN6O2. The van der Waals surface area contributed by atoms with Gasteiger partial charge in [0.15, 0.2) is 11.5 Å². The number of rotatable bonds is 3. The van der Waals surface area contributed by atoms with Crippen LogP contribution in [0.15, 0.2) is 54.6 Å². The molecule has 1 saturated heterocycles. The summed E-state index contributed by atoms with van der Waals surface area (Å²) in [6.07, 6.45) is 0.485. The first-order valence-corrected chi connectivity index (χ1v) is 10.5. The van der Waals surface area contributed by atoms with E-state index in [0.717, 1.165) is 30.0 Å². The lowest BCUT2D eigenvalue weighted by atomic mass is 9.97. The van der Waals surface area contributed by atoms with E-state index in [1.807, 2.05) is 24.3 Å².